The molecular weight excluding hydrogens is 272 g/mol. The monoisotopic (exact) mass is 286 g/mol. The maximum Gasteiger partial charge on any atom is 0.188 e. The highest BCUT2D eigenvalue weighted by Crippen LogP contribution is 2.23. The minimum Gasteiger partial charge on any atom is -0.313 e. The topological polar surface area (TPSA) is 71.6 Å². The molecule has 3 heterocycles. The van der Waals surface area contributed by atoms with Crippen molar-refractivity contribution < 1.29 is 4.79 Å². The summed E-state index contributed by atoms with van der Waals surface area (Å²) in [5, 5.41) is 21.3. The molecule has 5 nitrogen and oxygen atoms in total. The van der Waals surface area contributed by atoms with Gasteiger partial charge in [-0.05, 0) is 24.3 Å². The number of nitriles is 1. The van der Waals surface area contributed by atoms with Crippen LogP contribution in [0.5, 0.6) is 0 Å². The van der Waals surface area contributed by atoms with Gasteiger partial charge in [0.2, 0.25) is 0 Å². The molecule has 20 heavy (non-hydrogen) atoms. The number of aryl methyl sites for hydroxylation is 1. The third-order valence-electron chi connectivity index (χ3n) is 3.59. The molecule has 0 radical (unpaired) electrons. The molecule has 0 saturated carbocycles. The van der Waals surface area contributed by atoms with Crippen molar-refractivity contribution in [2.24, 2.45) is 0 Å². The fourth-order valence-electron chi connectivity index (χ4n) is 2.53. The van der Waals surface area contributed by atoms with Crippen LogP contribution in [0.2, 0.25) is 0 Å². The Bertz CT molecular complexity index is 653. The SMILES string of the molecule is N#C[C@H](C(=O)c1ccsc1)c1nnc2n1CCCCC2. The van der Waals surface area contributed by atoms with E-state index < -0.39 is 5.92 Å². The number of ketones is 1. The van der Waals surface area contributed by atoms with E-state index in [-0.39, 0.29) is 5.78 Å². The van der Waals surface area contributed by atoms with Crippen molar-refractivity contribution in [3.63, 3.8) is 0 Å². The summed E-state index contributed by atoms with van der Waals surface area (Å²) in [4.78, 5) is 12.4. The Balaban J connectivity index is 1.96. The first-order chi connectivity index (χ1) is 9.81. The first kappa shape index (κ1) is 13.0. The largest absolute Gasteiger partial charge is 0.313 e. The van der Waals surface area contributed by atoms with Crippen molar-refractivity contribution in [2.45, 2.75) is 38.1 Å². The van der Waals surface area contributed by atoms with Crippen molar-refractivity contribution >= 4 is 17.1 Å². The number of hydrogen-bond donors (Lipinski definition) is 0. The zero-order valence-corrected chi connectivity index (χ0v) is 11.8. The van der Waals surface area contributed by atoms with Gasteiger partial charge in [-0.3, -0.25) is 4.79 Å². The van der Waals surface area contributed by atoms with Gasteiger partial charge < -0.3 is 4.57 Å². The van der Waals surface area contributed by atoms with E-state index in [0.717, 1.165) is 38.1 Å². The molecule has 0 aliphatic carbocycles. The average Bonchev–Trinajstić information content (AvgIpc) is 3.06. The van der Waals surface area contributed by atoms with Crippen LogP contribution in [0.15, 0.2) is 16.8 Å². The zero-order valence-electron chi connectivity index (χ0n) is 11.0. The number of nitrogens with zero attached hydrogens (tertiary/aromatic N) is 4. The number of rotatable bonds is 3. The number of carbonyl (C=O) groups is 1. The zero-order chi connectivity index (χ0) is 13.9. The summed E-state index contributed by atoms with van der Waals surface area (Å²) in [5.74, 6) is 0.355. The second-order valence-electron chi connectivity index (χ2n) is 4.88. The Morgan fingerprint density at radius 1 is 1.40 bits per heavy atom. The summed E-state index contributed by atoms with van der Waals surface area (Å²) in [5.41, 5.74) is 0.576. The van der Waals surface area contributed by atoms with Gasteiger partial charge in [-0.2, -0.15) is 16.6 Å². The quantitative estimate of drug-likeness (QED) is 0.813. The molecule has 1 aliphatic heterocycles. The molecule has 1 atom stereocenters. The lowest BCUT2D eigenvalue weighted by Crippen LogP contribution is -2.17. The Morgan fingerprint density at radius 3 is 3.05 bits per heavy atom. The Hall–Kier alpha value is -2.00. The van der Waals surface area contributed by atoms with Crippen LogP contribution in [0.25, 0.3) is 0 Å². The summed E-state index contributed by atoms with van der Waals surface area (Å²) >= 11 is 1.45. The molecule has 6 heteroatoms. The molecule has 0 saturated heterocycles. The Kier molecular flexibility index (Phi) is 3.61. The maximum absolute atomic E-state index is 12.4. The molecule has 0 fully saturated rings. The highest BCUT2D eigenvalue weighted by atomic mass is 32.1. The minimum atomic E-state index is -0.857. The molecule has 2 aromatic rings. The highest BCUT2D eigenvalue weighted by molar-refractivity contribution is 7.08. The van der Waals surface area contributed by atoms with E-state index in [2.05, 4.69) is 16.3 Å². The molecule has 1 aliphatic rings. The van der Waals surface area contributed by atoms with Crippen molar-refractivity contribution in [1.82, 2.24) is 14.8 Å². The Labute approximate surface area is 120 Å². The minimum absolute atomic E-state index is 0.187. The predicted molar refractivity (Wildman–Crippen MR) is 74.6 cm³/mol. The second-order valence-corrected chi connectivity index (χ2v) is 5.66. The molecule has 0 unspecified atom stereocenters. The smallest absolute Gasteiger partial charge is 0.188 e. The molecule has 3 rings (SSSR count). The van der Waals surface area contributed by atoms with Crippen molar-refractivity contribution in [3.05, 3.63) is 34.0 Å². The normalized spacial score (nSPS) is 15.9. The van der Waals surface area contributed by atoms with E-state index in [1.165, 1.54) is 11.3 Å². The van der Waals surface area contributed by atoms with Crippen LogP contribution in [0.3, 0.4) is 0 Å². The second kappa shape index (κ2) is 5.55. The van der Waals surface area contributed by atoms with E-state index >= 15 is 0 Å². The van der Waals surface area contributed by atoms with E-state index in [1.54, 1.807) is 11.4 Å². The first-order valence-electron chi connectivity index (χ1n) is 6.69. The van der Waals surface area contributed by atoms with Crippen LogP contribution in [0.1, 0.15) is 47.2 Å². The number of aromatic nitrogens is 3. The lowest BCUT2D eigenvalue weighted by atomic mass is 10.0. The number of thiophene rings is 1. The first-order valence-corrected chi connectivity index (χ1v) is 7.63. The summed E-state index contributed by atoms with van der Waals surface area (Å²) in [6, 6.07) is 3.84. The van der Waals surface area contributed by atoms with Gasteiger partial charge >= 0.3 is 0 Å². The predicted octanol–water partition coefficient (Wildman–Crippen LogP) is 2.56. The van der Waals surface area contributed by atoms with Crippen LogP contribution in [0, 0.1) is 11.3 Å². The molecule has 102 valence electrons. The number of carbonyl (C=O) groups excluding carboxylic acids is 1. The van der Waals surface area contributed by atoms with Gasteiger partial charge in [-0.1, -0.05) is 6.42 Å². The van der Waals surface area contributed by atoms with Gasteiger partial charge in [0, 0.05) is 23.9 Å². The average molecular weight is 286 g/mol. The summed E-state index contributed by atoms with van der Waals surface area (Å²) in [7, 11) is 0. The molecule has 0 bridgehead atoms. The summed E-state index contributed by atoms with van der Waals surface area (Å²) in [6.07, 6.45) is 4.16. The van der Waals surface area contributed by atoms with Gasteiger partial charge in [0.25, 0.3) is 0 Å². The van der Waals surface area contributed by atoms with Crippen LogP contribution in [-0.2, 0) is 13.0 Å². The lowest BCUT2D eigenvalue weighted by molar-refractivity contribution is 0.0975. The van der Waals surface area contributed by atoms with Gasteiger partial charge in [-0.15, -0.1) is 10.2 Å². The third kappa shape index (κ3) is 2.25. The van der Waals surface area contributed by atoms with Crippen molar-refractivity contribution in [1.29, 1.82) is 5.26 Å². The maximum atomic E-state index is 12.4. The van der Waals surface area contributed by atoms with Crippen LogP contribution >= 0.6 is 11.3 Å². The van der Waals surface area contributed by atoms with Crippen LogP contribution < -0.4 is 0 Å². The van der Waals surface area contributed by atoms with Gasteiger partial charge in [0.15, 0.2) is 17.5 Å². The van der Waals surface area contributed by atoms with Crippen LogP contribution in [-0.4, -0.2) is 20.5 Å². The van der Waals surface area contributed by atoms with E-state index in [9.17, 15) is 10.1 Å². The highest BCUT2D eigenvalue weighted by Gasteiger charge is 2.29. The third-order valence-corrected chi connectivity index (χ3v) is 4.28. The fourth-order valence-corrected chi connectivity index (χ4v) is 3.17. The molecule has 0 aromatic carbocycles. The molecule has 0 amide bonds. The number of Topliss-reactive ketones (excluding diaryl/α,β-unsaturated/α-hetero) is 1. The molecule has 2 aromatic heterocycles. The molecular formula is C14H14N4OS. The summed E-state index contributed by atoms with van der Waals surface area (Å²) in [6.45, 7) is 0.798. The van der Waals surface area contributed by atoms with Gasteiger partial charge in [0.05, 0.1) is 6.07 Å². The van der Waals surface area contributed by atoms with Crippen LogP contribution in [0.4, 0.5) is 0 Å². The van der Waals surface area contributed by atoms with Gasteiger partial charge in [-0.25, -0.2) is 0 Å². The standard InChI is InChI=1S/C14H14N4OS/c15-8-11(13(19)10-5-7-20-9-10)14-17-16-12-4-2-1-3-6-18(12)14/h5,7,9,11H,1-4,6H2/t11-/m1/s1. The van der Waals surface area contributed by atoms with E-state index in [0.29, 0.717) is 11.4 Å². The molecule has 0 spiro atoms. The summed E-state index contributed by atoms with van der Waals surface area (Å²) < 4.78 is 1.96. The lowest BCUT2D eigenvalue weighted by Gasteiger charge is -2.10. The van der Waals surface area contributed by atoms with E-state index in [4.69, 9.17) is 0 Å². The van der Waals surface area contributed by atoms with Crippen molar-refractivity contribution in [2.75, 3.05) is 0 Å². The van der Waals surface area contributed by atoms with Gasteiger partial charge in [0.1, 0.15) is 5.82 Å². The number of fused-ring (bicyclic) bond motifs is 1. The Morgan fingerprint density at radius 2 is 2.30 bits per heavy atom. The fraction of sp³-hybridized carbons (Fsp3) is 0.429. The number of hydrogen-bond acceptors (Lipinski definition) is 5. The van der Waals surface area contributed by atoms with E-state index in [1.807, 2.05) is 9.95 Å². The molecule has 0 N–H and O–H groups in total. The van der Waals surface area contributed by atoms with Crippen molar-refractivity contribution in [3.8, 4) is 6.07 Å².